The maximum absolute atomic E-state index is 13.7. The van der Waals surface area contributed by atoms with Crippen molar-refractivity contribution in [1.29, 1.82) is 0 Å². The highest BCUT2D eigenvalue weighted by atomic mass is 19.2. The molecule has 2 rings (SSSR count). The first kappa shape index (κ1) is 14.7. The third-order valence-corrected chi connectivity index (χ3v) is 3.55. The van der Waals surface area contributed by atoms with Crippen molar-refractivity contribution >= 4 is 0 Å². The highest BCUT2D eigenvalue weighted by Gasteiger charge is 2.13. The number of benzene rings is 2. The topological polar surface area (TPSA) is 12.0 Å². The largest absolute Gasteiger partial charge is 0.306 e. The fraction of sp³-hybridized carbons (Fsp3) is 0.294. The second kappa shape index (κ2) is 6.62. The van der Waals surface area contributed by atoms with Gasteiger partial charge in [-0.3, -0.25) is 0 Å². The number of halogens is 2. The fourth-order valence-electron chi connectivity index (χ4n) is 2.30. The van der Waals surface area contributed by atoms with Crippen molar-refractivity contribution in [2.24, 2.45) is 0 Å². The van der Waals surface area contributed by atoms with Gasteiger partial charge in [-0.05, 0) is 30.5 Å². The van der Waals surface area contributed by atoms with E-state index in [1.54, 1.807) is 6.07 Å². The van der Waals surface area contributed by atoms with Crippen LogP contribution in [0, 0.1) is 11.6 Å². The molecule has 0 spiro atoms. The number of hydrogen-bond donors (Lipinski definition) is 1. The Morgan fingerprint density at radius 2 is 1.70 bits per heavy atom. The molecule has 0 aliphatic heterocycles. The van der Waals surface area contributed by atoms with Crippen LogP contribution in [0.25, 0.3) is 0 Å². The lowest BCUT2D eigenvalue weighted by Crippen LogP contribution is -2.20. The summed E-state index contributed by atoms with van der Waals surface area (Å²) in [4.78, 5) is 0. The molecule has 0 heterocycles. The van der Waals surface area contributed by atoms with Crippen molar-refractivity contribution in [2.45, 2.75) is 32.9 Å². The van der Waals surface area contributed by atoms with E-state index in [1.165, 1.54) is 17.2 Å². The molecule has 0 saturated carbocycles. The molecule has 1 nitrogen and oxygen atoms in total. The summed E-state index contributed by atoms with van der Waals surface area (Å²) in [5.74, 6) is -1.57. The molecule has 0 fully saturated rings. The quantitative estimate of drug-likeness (QED) is 0.854. The summed E-state index contributed by atoms with van der Waals surface area (Å²) in [5, 5.41) is 3.25. The minimum absolute atomic E-state index is 0.240. The molecule has 1 atom stereocenters. The molecule has 1 N–H and O–H groups in total. The Hall–Kier alpha value is -1.74. The Kier molecular flexibility index (Phi) is 4.85. The summed E-state index contributed by atoms with van der Waals surface area (Å²) < 4.78 is 26.9. The second-order valence-electron chi connectivity index (χ2n) is 4.87. The first-order chi connectivity index (χ1) is 9.63. The maximum atomic E-state index is 13.7. The van der Waals surface area contributed by atoms with Crippen molar-refractivity contribution in [3.05, 3.63) is 70.8 Å². The molecule has 0 bridgehead atoms. The van der Waals surface area contributed by atoms with Crippen LogP contribution < -0.4 is 5.32 Å². The van der Waals surface area contributed by atoms with Gasteiger partial charge in [0.05, 0.1) is 0 Å². The summed E-state index contributed by atoms with van der Waals surface area (Å²) in [5.41, 5.74) is 2.82. The van der Waals surface area contributed by atoms with Gasteiger partial charge >= 0.3 is 0 Å². The minimum Gasteiger partial charge on any atom is -0.306 e. The van der Waals surface area contributed by atoms with Crippen molar-refractivity contribution in [3.63, 3.8) is 0 Å². The maximum Gasteiger partial charge on any atom is 0.163 e. The predicted octanol–water partition coefficient (Wildman–Crippen LogP) is 4.38. The van der Waals surface area contributed by atoms with Gasteiger partial charge in [-0.1, -0.05) is 43.3 Å². The van der Waals surface area contributed by atoms with E-state index in [4.69, 9.17) is 0 Å². The van der Waals surface area contributed by atoms with Crippen LogP contribution >= 0.6 is 0 Å². The third-order valence-electron chi connectivity index (χ3n) is 3.55. The molecule has 0 amide bonds. The molecule has 106 valence electrons. The van der Waals surface area contributed by atoms with Crippen LogP contribution in [0.5, 0.6) is 0 Å². The Bertz CT molecular complexity index is 581. The van der Waals surface area contributed by atoms with Gasteiger partial charge in [0.15, 0.2) is 11.6 Å². The smallest absolute Gasteiger partial charge is 0.163 e. The van der Waals surface area contributed by atoms with Gasteiger partial charge < -0.3 is 5.32 Å². The molecular weight excluding hydrogens is 256 g/mol. The van der Waals surface area contributed by atoms with Gasteiger partial charge in [0.25, 0.3) is 0 Å². The molecule has 0 aliphatic rings. The molecule has 0 aromatic heterocycles. The zero-order chi connectivity index (χ0) is 14.5. The monoisotopic (exact) mass is 275 g/mol. The molecule has 2 aromatic carbocycles. The van der Waals surface area contributed by atoms with E-state index in [-0.39, 0.29) is 6.04 Å². The summed E-state index contributed by atoms with van der Waals surface area (Å²) >= 11 is 0. The zero-order valence-electron chi connectivity index (χ0n) is 11.8. The van der Waals surface area contributed by atoms with Crippen LogP contribution in [0.15, 0.2) is 42.5 Å². The van der Waals surface area contributed by atoms with E-state index in [0.717, 1.165) is 12.5 Å². The van der Waals surface area contributed by atoms with E-state index >= 15 is 0 Å². The summed E-state index contributed by atoms with van der Waals surface area (Å²) in [6.45, 7) is 4.59. The second-order valence-corrected chi connectivity index (χ2v) is 4.87. The van der Waals surface area contributed by atoms with Crippen LogP contribution in [0.3, 0.4) is 0 Å². The first-order valence-electron chi connectivity index (χ1n) is 6.87. The van der Waals surface area contributed by atoms with E-state index in [2.05, 4.69) is 24.4 Å². The van der Waals surface area contributed by atoms with E-state index in [9.17, 15) is 8.78 Å². The SMILES string of the molecule is CCc1ccccc1CNC(C)c1cccc(F)c1F. The molecular formula is C17H19F2N. The molecule has 0 saturated heterocycles. The zero-order valence-corrected chi connectivity index (χ0v) is 11.8. The van der Waals surface area contributed by atoms with E-state index in [0.29, 0.717) is 12.1 Å². The highest BCUT2D eigenvalue weighted by Crippen LogP contribution is 2.20. The van der Waals surface area contributed by atoms with Crippen LogP contribution in [-0.4, -0.2) is 0 Å². The third kappa shape index (κ3) is 3.23. The van der Waals surface area contributed by atoms with Crippen molar-refractivity contribution in [1.82, 2.24) is 5.32 Å². The van der Waals surface area contributed by atoms with Crippen molar-refractivity contribution < 1.29 is 8.78 Å². The Morgan fingerprint density at radius 1 is 1.00 bits per heavy atom. The van der Waals surface area contributed by atoms with Crippen LogP contribution in [0.4, 0.5) is 8.78 Å². The Balaban J connectivity index is 2.09. The van der Waals surface area contributed by atoms with Gasteiger partial charge in [-0.2, -0.15) is 0 Å². The lowest BCUT2D eigenvalue weighted by Gasteiger charge is -2.16. The van der Waals surface area contributed by atoms with Gasteiger partial charge in [-0.15, -0.1) is 0 Å². The molecule has 1 unspecified atom stereocenters. The highest BCUT2D eigenvalue weighted by molar-refractivity contribution is 5.27. The minimum atomic E-state index is -0.801. The first-order valence-corrected chi connectivity index (χ1v) is 6.87. The van der Waals surface area contributed by atoms with Crippen LogP contribution in [0.2, 0.25) is 0 Å². The van der Waals surface area contributed by atoms with E-state index < -0.39 is 11.6 Å². The van der Waals surface area contributed by atoms with Crippen molar-refractivity contribution in [3.8, 4) is 0 Å². The molecule has 3 heteroatoms. The summed E-state index contributed by atoms with van der Waals surface area (Å²) in [7, 11) is 0. The van der Waals surface area contributed by atoms with Gasteiger partial charge in [0.1, 0.15) is 0 Å². The number of rotatable bonds is 5. The number of nitrogens with one attached hydrogen (secondary N) is 1. The summed E-state index contributed by atoms with van der Waals surface area (Å²) in [6.07, 6.45) is 0.959. The van der Waals surface area contributed by atoms with E-state index in [1.807, 2.05) is 19.1 Å². The van der Waals surface area contributed by atoms with Gasteiger partial charge in [0, 0.05) is 18.2 Å². The summed E-state index contributed by atoms with van der Waals surface area (Å²) in [6, 6.07) is 12.2. The molecule has 20 heavy (non-hydrogen) atoms. The lowest BCUT2D eigenvalue weighted by atomic mass is 10.0. The van der Waals surface area contributed by atoms with Crippen LogP contribution in [0.1, 0.15) is 36.6 Å². The molecule has 0 aliphatic carbocycles. The van der Waals surface area contributed by atoms with Crippen molar-refractivity contribution in [2.75, 3.05) is 0 Å². The Labute approximate surface area is 118 Å². The lowest BCUT2D eigenvalue weighted by molar-refractivity contribution is 0.472. The predicted molar refractivity (Wildman–Crippen MR) is 77.4 cm³/mol. The molecule has 0 radical (unpaired) electrons. The standard InChI is InChI=1S/C17H19F2N/c1-3-13-7-4-5-8-14(13)11-20-12(2)15-9-6-10-16(18)17(15)19/h4-10,12,20H,3,11H2,1-2H3. The Morgan fingerprint density at radius 3 is 2.40 bits per heavy atom. The average Bonchev–Trinajstić information content (AvgIpc) is 2.48. The number of aryl methyl sites for hydroxylation is 1. The molecule has 2 aromatic rings. The average molecular weight is 275 g/mol. The van der Waals surface area contributed by atoms with Crippen LogP contribution in [-0.2, 0) is 13.0 Å². The number of hydrogen-bond acceptors (Lipinski definition) is 1. The fourth-order valence-corrected chi connectivity index (χ4v) is 2.30. The normalized spacial score (nSPS) is 12.4. The van der Waals surface area contributed by atoms with Gasteiger partial charge in [0.2, 0.25) is 0 Å². The van der Waals surface area contributed by atoms with Gasteiger partial charge in [-0.25, -0.2) is 8.78 Å².